The van der Waals surface area contributed by atoms with Gasteiger partial charge in [0.1, 0.15) is 13.2 Å². The fraction of sp³-hybridized carbons (Fsp3) is 0.879. The third-order valence-electron chi connectivity index (χ3n) is 7.16. The van der Waals surface area contributed by atoms with Crippen LogP contribution in [-0.2, 0) is 19.1 Å². The number of hydrogen-bond acceptors (Lipinski definition) is 4. The Morgan fingerprint density at radius 3 is 1.11 bits per heavy atom. The van der Waals surface area contributed by atoms with Gasteiger partial charge in [0, 0.05) is 12.0 Å². The fourth-order valence-electron chi connectivity index (χ4n) is 4.72. The Balaban J connectivity index is 3.15. The molecule has 0 unspecified atom stereocenters. The van der Waals surface area contributed by atoms with Crippen molar-refractivity contribution in [3.63, 3.8) is 0 Å². The Kier molecular flexibility index (Phi) is 28.2. The molecule has 0 amide bonds. The van der Waals surface area contributed by atoms with Gasteiger partial charge in [0.2, 0.25) is 0 Å². The van der Waals surface area contributed by atoms with Crippen molar-refractivity contribution in [2.45, 2.75) is 174 Å². The summed E-state index contributed by atoms with van der Waals surface area (Å²) in [5.41, 5.74) is 0.353. The van der Waals surface area contributed by atoms with Crippen LogP contribution in [0.25, 0.3) is 0 Å². The molecule has 0 rings (SSSR count). The van der Waals surface area contributed by atoms with Crippen LogP contribution in [0.15, 0.2) is 12.2 Å². The summed E-state index contributed by atoms with van der Waals surface area (Å²) in [5, 5.41) is 0. The number of hydrogen-bond donors (Lipinski definition) is 0. The van der Waals surface area contributed by atoms with E-state index >= 15 is 0 Å². The molecule has 4 heteroatoms. The first-order chi connectivity index (χ1) is 18.1. The van der Waals surface area contributed by atoms with Gasteiger partial charge in [0.05, 0.1) is 0 Å². The number of unbranched alkanes of at least 4 members (excludes halogenated alkanes) is 23. The summed E-state index contributed by atoms with van der Waals surface area (Å²) in [5.74, 6) is -0.647. The van der Waals surface area contributed by atoms with Crippen LogP contribution < -0.4 is 0 Å². The maximum Gasteiger partial charge on any atom is 0.333 e. The Morgan fingerprint density at radius 1 is 0.486 bits per heavy atom. The fourth-order valence-corrected chi connectivity index (χ4v) is 4.72. The molecule has 0 aromatic heterocycles. The normalized spacial score (nSPS) is 11.0. The monoisotopic (exact) mass is 522 g/mol. The molecular weight excluding hydrogens is 460 g/mol. The molecule has 0 atom stereocenters. The van der Waals surface area contributed by atoms with Crippen LogP contribution in [0.4, 0.5) is 0 Å². The molecule has 0 spiro atoms. The number of carbonyl (C=O) groups excluding carboxylic acids is 2. The molecule has 0 fully saturated rings. The zero-order valence-corrected chi connectivity index (χ0v) is 24.9. The van der Waals surface area contributed by atoms with Crippen molar-refractivity contribution in [2.24, 2.45) is 0 Å². The molecule has 0 aliphatic heterocycles. The van der Waals surface area contributed by atoms with Gasteiger partial charge in [-0.15, -0.1) is 0 Å². The van der Waals surface area contributed by atoms with Crippen LogP contribution in [0, 0.1) is 0 Å². The Hall–Kier alpha value is -1.32. The highest BCUT2D eigenvalue weighted by Crippen LogP contribution is 2.15. The van der Waals surface area contributed by atoms with E-state index in [9.17, 15) is 9.59 Å². The molecule has 0 saturated carbocycles. The number of rotatable bonds is 29. The lowest BCUT2D eigenvalue weighted by molar-refractivity contribution is -0.150. The van der Waals surface area contributed by atoms with Crippen molar-refractivity contribution in [3.05, 3.63) is 12.2 Å². The molecule has 0 N–H and O–H groups in total. The minimum atomic E-state index is -0.443. The first kappa shape index (κ1) is 35.7. The Bertz CT molecular complexity index is 528. The summed E-state index contributed by atoms with van der Waals surface area (Å²) in [6.07, 6.45) is 33.3. The van der Waals surface area contributed by atoms with Gasteiger partial charge in [-0.05, 0) is 13.3 Å². The summed E-state index contributed by atoms with van der Waals surface area (Å²) in [6, 6.07) is 0. The third-order valence-corrected chi connectivity index (χ3v) is 7.16. The highest BCUT2D eigenvalue weighted by Gasteiger charge is 2.05. The number of ether oxygens (including phenoxy) is 2. The van der Waals surface area contributed by atoms with E-state index < -0.39 is 5.97 Å². The van der Waals surface area contributed by atoms with Gasteiger partial charge in [0.15, 0.2) is 0 Å². The third kappa shape index (κ3) is 29.1. The van der Waals surface area contributed by atoms with Crippen LogP contribution in [-0.4, -0.2) is 25.2 Å². The minimum absolute atomic E-state index is 0.0941. The zero-order valence-electron chi connectivity index (χ0n) is 24.9. The van der Waals surface area contributed by atoms with Gasteiger partial charge in [0.25, 0.3) is 0 Å². The summed E-state index contributed by atoms with van der Waals surface area (Å²) in [7, 11) is 0. The molecule has 0 saturated heterocycles. The van der Waals surface area contributed by atoms with Crippen LogP contribution in [0.1, 0.15) is 174 Å². The van der Waals surface area contributed by atoms with Crippen molar-refractivity contribution in [2.75, 3.05) is 13.2 Å². The van der Waals surface area contributed by atoms with E-state index in [1.807, 2.05) is 0 Å². The second-order valence-electron chi connectivity index (χ2n) is 11.0. The van der Waals surface area contributed by atoms with Gasteiger partial charge in [-0.1, -0.05) is 161 Å². The topological polar surface area (TPSA) is 52.6 Å². The maximum atomic E-state index is 11.7. The molecule has 37 heavy (non-hydrogen) atoms. The molecule has 0 bridgehead atoms. The Morgan fingerprint density at radius 2 is 0.784 bits per heavy atom. The average Bonchev–Trinajstić information content (AvgIpc) is 2.88. The van der Waals surface area contributed by atoms with E-state index in [1.54, 1.807) is 6.92 Å². The van der Waals surface area contributed by atoms with E-state index in [-0.39, 0.29) is 19.2 Å². The smallest absolute Gasteiger partial charge is 0.333 e. The molecule has 4 nitrogen and oxygen atoms in total. The number of esters is 2. The molecule has 0 aromatic rings. The standard InChI is InChI=1S/C33H62O4/c1-4-5-6-7-8-9-10-11-12-13-14-15-16-17-18-19-20-21-22-23-24-25-26-27-28-32(34)36-29-30-37-33(35)31(2)3/h2,4-30H2,1,3H3. The maximum absolute atomic E-state index is 11.7. The second kappa shape index (κ2) is 29.2. The molecule has 218 valence electrons. The highest BCUT2D eigenvalue weighted by molar-refractivity contribution is 5.86. The quantitative estimate of drug-likeness (QED) is 0.0557. The molecule has 0 aromatic carbocycles. The van der Waals surface area contributed by atoms with Gasteiger partial charge in [-0.25, -0.2) is 4.79 Å². The highest BCUT2D eigenvalue weighted by atomic mass is 16.6. The van der Waals surface area contributed by atoms with Crippen LogP contribution in [0.2, 0.25) is 0 Å². The summed E-state index contributed by atoms with van der Waals surface area (Å²) in [6.45, 7) is 7.61. The SMILES string of the molecule is C=C(C)C(=O)OCCOC(=O)CCCCCCCCCCCCCCCCCCCCCCCCCC. The van der Waals surface area contributed by atoms with E-state index in [4.69, 9.17) is 9.47 Å². The van der Waals surface area contributed by atoms with Crippen LogP contribution in [0.5, 0.6) is 0 Å². The van der Waals surface area contributed by atoms with Crippen molar-refractivity contribution in [3.8, 4) is 0 Å². The zero-order chi connectivity index (χ0) is 27.2. The minimum Gasteiger partial charge on any atom is -0.462 e. The summed E-state index contributed by atoms with van der Waals surface area (Å²) < 4.78 is 9.97. The van der Waals surface area contributed by atoms with Gasteiger partial charge in [-0.3, -0.25) is 4.79 Å². The molecule has 0 aliphatic rings. The Labute approximate surface area is 230 Å². The average molecular weight is 523 g/mol. The molecule has 0 heterocycles. The predicted molar refractivity (Wildman–Crippen MR) is 158 cm³/mol. The lowest BCUT2D eigenvalue weighted by Gasteiger charge is -2.06. The summed E-state index contributed by atoms with van der Waals surface area (Å²) >= 11 is 0. The van der Waals surface area contributed by atoms with Crippen LogP contribution in [0.3, 0.4) is 0 Å². The van der Waals surface area contributed by atoms with Crippen molar-refractivity contribution in [1.82, 2.24) is 0 Å². The van der Waals surface area contributed by atoms with E-state index in [2.05, 4.69) is 13.5 Å². The second-order valence-corrected chi connectivity index (χ2v) is 11.0. The molecule has 0 aliphatic carbocycles. The van der Waals surface area contributed by atoms with Gasteiger partial charge < -0.3 is 9.47 Å². The van der Waals surface area contributed by atoms with E-state index in [0.29, 0.717) is 12.0 Å². The predicted octanol–water partition coefficient (Wildman–Crippen LogP) is 10.4. The molecular formula is C33H62O4. The lowest BCUT2D eigenvalue weighted by Crippen LogP contribution is -2.14. The first-order valence-corrected chi connectivity index (χ1v) is 16.1. The van der Waals surface area contributed by atoms with Crippen molar-refractivity contribution < 1.29 is 19.1 Å². The first-order valence-electron chi connectivity index (χ1n) is 16.1. The number of carbonyl (C=O) groups is 2. The van der Waals surface area contributed by atoms with Gasteiger partial charge >= 0.3 is 11.9 Å². The van der Waals surface area contributed by atoms with Crippen molar-refractivity contribution >= 4 is 11.9 Å². The van der Waals surface area contributed by atoms with E-state index in [1.165, 1.54) is 141 Å². The van der Waals surface area contributed by atoms with Crippen LogP contribution >= 0.6 is 0 Å². The van der Waals surface area contributed by atoms with E-state index in [0.717, 1.165) is 12.8 Å². The lowest BCUT2D eigenvalue weighted by atomic mass is 10.0. The van der Waals surface area contributed by atoms with Gasteiger partial charge in [-0.2, -0.15) is 0 Å². The molecule has 0 radical (unpaired) electrons. The summed E-state index contributed by atoms with van der Waals surface area (Å²) in [4.78, 5) is 22.9. The largest absolute Gasteiger partial charge is 0.462 e. The van der Waals surface area contributed by atoms with Crippen molar-refractivity contribution in [1.29, 1.82) is 0 Å².